The molecule has 5 nitrogen and oxygen atoms in total. The highest BCUT2D eigenvalue weighted by Crippen LogP contribution is 2.41. The SMILES string of the molecule is CC1(C)O[C@H]2O[C@H](CO)C(CCOCc3ccccc3)[C@@H]2O1. The van der Waals surface area contributed by atoms with Crippen LogP contribution in [-0.2, 0) is 25.6 Å². The van der Waals surface area contributed by atoms with Crippen molar-refractivity contribution in [1.82, 2.24) is 0 Å². The Kier molecular flexibility index (Phi) is 4.80. The monoisotopic (exact) mass is 308 g/mol. The van der Waals surface area contributed by atoms with Gasteiger partial charge in [-0.3, -0.25) is 0 Å². The van der Waals surface area contributed by atoms with Gasteiger partial charge in [-0.25, -0.2) is 0 Å². The quantitative estimate of drug-likeness (QED) is 0.815. The van der Waals surface area contributed by atoms with Gasteiger partial charge in [0.2, 0.25) is 0 Å². The van der Waals surface area contributed by atoms with Crippen LogP contribution >= 0.6 is 0 Å². The van der Waals surface area contributed by atoms with E-state index in [1.54, 1.807) is 0 Å². The molecule has 3 rings (SSSR count). The highest BCUT2D eigenvalue weighted by atomic mass is 16.8. The lowest BCUT2D eigenvalue weighted by atomic mass is 9.95. The van der Waals surface area contributed by atoms with Crippen LogP contribution in [0.3, 0.4) is 0 Å². The Morgan fingerprint density at radius 2 is 1.95 bits per heavy atom. The van der Waals surface area contributed by atoms with E-state index in [9.17, 15) is 5.11 Å². The van der Waals surface area contributed by atoms with Gasteiger partial charge in [0.05, 0.1) is 19.3 Å². The second-order valence-electron chi connectivity index (χ2n) is 6.32. The molecule has 1 unspecified atom stereocenters. The number of aliphatic hydroxyl groups excluding tert-OH is 1. The zero-order valence-electron chi connectivity index (χ0n) is 13.1. The first-order valence-corrected chi connectivity index (χ1v) is 7.83. The third-order valence-corrected chi connectivity index (χ3v) is 4.18. The molecule has 2 aliphatic heterocycles. The van der Waals surface area contributed by atoms with Gasteiger partial charge in [0.25, 0.3) is 0 Å². The molecule has 1 aromatic rings. The zero-order valence-corrected chi connectivity index (χ0v) is 13.1. The fourth-order valence-electron chi connectivity index (χ4n) is 3.15. The topological polar surface area (TPSA) is 57.2 Å². The molecule has 122 valence electrons. The van der Waals surface area contributed by atoms with E-state index >= 15 is 0 Å². The van der Waals surface area contributed by atoms with Crippen molar-refractivity contribution in [2.45, 2.75) is 51.2 Å². The Labute approximate surface area is 131 Å². The minimum Gasteiger partial charge on any atom is -0.394 e. The summed E-state index contributed by atoms with van der Waals surface area (Å²) in [5, 5.41) is 9.48. The Morgan fingerprint density at radius 3 is 2.68 bits per heavy atom. The predicted octanol–water partition coefficient (Wildman–Crippen LogP) is 2.08. The number of hydrogen-bond donors (Lipinski definition) is 1. The molecule has 0 saturated carbocycles. The standard InChI is InChI=1S/C17H24O5/c1-17(2)21-15-13(14(10-18)20-16(15)22-17)8-9-19-11-12-6-4-3-5-7-12/h3-7,13-16,18H,8-11H2,1-2H3/t13?,14-,15+,16-/m1/s1. The Hall–Kier alpha value is -0.980. The number of aliphatic hydroxyl groups is 1. The molecule has 0 aromatic heterocycles. The van der Waals surface area contributed by atoms with Crippen molar-refractivity contribution in [3.05, 3.63) is 35.9 Å². The third-order valence-electron chi connectivity index (χ3n) is 4.18. The normalized spacial score (nSPS) is 33.0. The van der Waals surface area contributed by atoms with Crippen molar-refractivity contribution >= 4 is 0 Å². The molecule has 1 N–H and O–H groups in total. The van der Waals surface area contributed by atoms with Crippen LogP contribution in [0.25, 0.3) is 0 Å². The van der Waals surface area contributed by atoms with Crippen LogP contribution in [0.1, 0.15) is 25.8 Å². The van der Waals surface area contributed by atoms with Gasteiger partial charge in [-0.15, -0.1) is 0 Å². The van der Waals surface area contributed by atoms with Gasteiger partial charge in [-0.2, -0.15) is 0 Å². The third kappa shape index (κ3) is 3.50. The van der Waals surface area contributed by atoms with E-state index in [1.165, 1.54) is 0 Å². The van der Waals surface area contributed by atoms with Gasteiger partial charge in [-0.1, -0.05) is 30.3 Å². The maximum atomic E-state index is 9.48. The van der Waals surface area contributed by atoms with Crippen LogP contribution in [0.5, 0.6) is 0 Å². The van der Waals surface area contributed by atoms with Crippen LogP contribution in [0.4, 0.5) is 0 Å². The van der Waals surface area contributed by atoms with E-state index in [4.69, 9.17) is 18.9 Å². The highest BCUT2D eigenvalue weighted by molar-refractivity contribution is 5.13. The Bertz CT molecular complexity index is 475. The van der Waals surface area contributed by atoms with Crippen molar-refractivity contribution in [2.24, 2.45) is 5.92 Å². The summed E-state index contributed by atoms with van der Waals surface area (Å²) in [5.41, 5.74) is 1.16. The van der Waals surface area contributed by atoms with E-state index in [1.807, 2.05) is 44.2 Å². The van der Waals surface area contributed by atoms with Crippen molar-refractivity contribution in [3.63, 3.8) is 0 Å². The Balaban J connectivity index is 1.50. The second-order valence-corrected chi connectivity index (χ2v) is 6.32. The molecule has 2 saturated heterocycles. The molecule has 0 aliphatic carbocycles. The summed E-state index contributed by atoms with van der Waals surface area (Å²) in [7, 11) is 0. The molecule has 0 bridgehead atoms. The van der Waals surface area contributed by atoms with E-state index in [0.29, 0.717) is 13.2 Å². The first-order chi connectivity index (χ1) is 10.6. The van der Waals surface area contributed by atoms with Crippen LogP contribution in [0, 0.1) is 5.92 Å². The predicted molar refractivity (Wildman–Crippen MR) is 80.0 cm³/mol. The van der Waals surface area contributed by atoms with Crippen molar-refractivity contribution in [3.8, 4) is 0 Å². The summed E-state index contributed by atoms with van der Waals surface area (Å²) in [4.78, 5) is 0. The summed E-state index contributed by atoms with van der Waals surface area (Å²) in [5.74, 6) is -0.536. The van der Waals surface area contributed by atoms with Gasteiger partial charge >= 0.3 is 0 Å². The molecule has 5 heteroatoms. The molecule has 2 heterocycles. The van der Waals surface area contributed by atoms with Gasteiger partial charge < -0.3 is 24.1 Å². The molecular weight excluding hydrogens is 284 g/mol. The van der Waals surface area contributed by atoms with Crippen molar-refractivity contribution in [1.29, 1.82) is 0 Å². The molecule has 0 radical (unpaired) electrons. The van der Waals surface area contributed by atoms with Gasteiger partial charge in [-0.05, 0) is 25.8 Å². The summed E-state index contributed by atoms with van der Waals surface area (Å²) in [6.45, 7) is 4.93. The van der Waals surface area contributed by atoms with Gasteiger partial charge in [0.1, 0.15) is 6.10 Å². The highest BCUT2D eigenvalue weighted by Gasteiger charge is 2.53. The number of rotatable bonds is 6. The summed E-state index contributed by atoms with van der Waals surface area (Å²) in [6.07, 6.45) is 0.0174. The lowest BCUT2D eigenvalue weighted by Crippen LogP contribution is -2.32. The maximum Gasteiger partial charge on any atom is 0.187 e. The average Bonchev–Trinajstić information content (AvgIpc) is 2.96. The number of hydrogen-bond acceptors (Lipinski definition) is 5. The molecule has 1 aromatic carbocycles. The van der Waals surface area contributed by atoms with Crippen molar-refractivity contribution < 1.29 is 24.1 Å². The zero-order chi connectivity index (χ0) is 15.6. The summed E-state index contributed by atoms with van der Waals surface area (Å²) >= 11 is 0. The molecule has 2 aliphatic rings. The number of fused-ring (bicyclic) bond motifs is 1. The van der Waals surface area contributed by atoms with Crippen LogP contribution in [-0.4, -0.2) is 42.6 Å². The molecule has 22 heavy (non-hydrogen) atoms. The van der Waals surface area contributed by atoms with Gasteiger partial charge in [0, 0.05) is 12.5 Å². The van der Waals surface area contributed by atoms with E-state index < -0.39 is 5.79 Å². The smallest absolute Gasteiger partial charge is 0.187 e. The minimum atomic E-state index is -0.626. The first kappa shape index (κ1) is 15.9. The molecule has 2 fully saturated rings. The van der Waals surface area contributed by atoms with Crippen LogP contribution < -0.4 is 0 Å². The fraction of sp³-hybridized carbons (Fsp3) is 0.647. The molecule has 0 spiro atoms. The average molecular weight is 308 g/mol. The summed E-state index contributed by atoms with van der Waals surface area (Å²) < 4.78 is 23.1. The van der Waals surface area contributed by atoms with Gasteiger partial charge in [0.15, 0.2) is 12.1 Å². The largest absolute Gasteiger partial charge is 0.394 e. The molecule has 0 amide bonds. The lowest BCUT2D eigenvalue weighted by molar-refractivity contribution is -0.214. The fourth-order valence-corrected chi connectivity index (χ4v) is 3.15. The van der Waals surface area contributed by atoms with E-state index in [0.717, 1.165) is 12.0 Å². The molecular formula is C17H24O5. The van der Waals surface area contributed by atoms with E-state index in [2.05, 4.69) is 0 Å². The second kappa shape index (κ2) is 6.64. The maximum absolute atomic E-state index is 9.48. The first-order valence-electron chi connectivity index (χ1n) is 7.83. The number of ether oxygens (including phenoxy) is 4. The van der Waals surface area contributed by atoms with E-state index in [-0.39, 0.29) is 31.0 Å². The van der Waals surface area contributed by atoms with Crippen molar-refractivity contribution in [2.75, 3.05) is 13.2 Å². The summed E-state index contributed by atoms with van der Waals surface area (Å²) in [6, 6.07) is 10.1. The minimum absolute atomic E-state index is 0.0243. The Morgan fingerprint density at radius 1 is 1.18 bits per heavy atom. The van der Waals surface area contributed by atoms with Crippen LogP contribution in [0.2, 0.25) is 0 Å². The lowest BCUT2D eigenvalue weighted by Gasteiger charge is -2.24. The van der Waals surface area contributed by atoms with Crippen LogP contribution in [0.15, 0.2) is 30.3 Å². The molecule has 4 atom stereocenters. The number of benzene rings is 1.